The summed E-state index contributed by atoms with van der Waals surface area (Å²) in [5.74, 6) is 0.141. The second-order valence-corrected chi connectivity index (χ2v) is 6.60. The Kier molecular flexibility index (Phi) is 3.39. The topological polar surface area (TPSA) is 33.2 Å². The van der Waals surface area contributed by atoms with Crippen molar-refractivity contribution in [3.63, 3.8) is 0 Å². The van der Waals surface area contributed by atoms with Gasteiger partial charge in [0.05, 0.1) is 16.8 Å². The van der Waals surface area contributed by atoms with Crippen LogP contribution in [-0.4, -0.2) is 22.8 Å². The van der Waals surface area contributed by atoms with Crippen molar-refractivity contribution in [3.8, 4) is 0 Å². The first kappa shape index (κ1) is 13.0. The second-order valence-electron chi connectivity index (χ2n) is 5.49. The quantitative estimate of drug-likeness (QED) is 0.832. The minimum atomic E-state index is -0.342. The van der Waals surface area contributed by atoms with E-state index in [0.717, 1.165) is 10.5 Å². The zero-order valence-electron chi connectivity index (χ0n) is 11.2. The molecule has 0 atom stereocenters. The molecule has 0 aliphatic rings. The van der Waals surface area contributed by atoms with Crippen molar-refractivity contribution in [1.29, 1.82) is 0 Å². The van der Waals surface area contributed by atoms with Crippen molar-refractivity contribution >= 4 is 27.5 Å². The summed E-state index contributed by atoms with van der Waals surface area (Å²) < 4.78 is 1.17. The highest BCUT2D eigenvalue weighted by molar-refractivity contribution is 7.18. The van der Waals surface area contributed by atoms with Crippen LogP contribution in [0.2, 0.25) is 0 Å². The number of para-hydroxylation sites is 1. The lowest BCUT2D eigenvalue weighted by atomic mass is 9.95. The SMILES string of the molecule is CN(Cc1nc2ccccc2s1)C(=O)C(C)(C)C. The minimum Gasteiger partial charge on any atom is -0.339 e. The summed E-state index contributed by atoms with van der Waals surface area (Å²) in [6.45, 7) is 6.38. The number of aromatic nitrogens is 1. The molecule has 0 saturated carbocycles. The molecule has 0 spiro atoms. The molecule has 0 unspecified atom stereocenters. The molecule has 1 aromatic heterocycles. The summed E-state index contributed by atoms with van der Waals surface area (Å²) in [4.78, 5) is 18.4. The molecular formula is C14H18N2OS. The van der Waals surface area contributed by atoms with Crippen LogP contribution < -0.4 is 0 Å². The molecule has 18 heavy (non-hydrogen) atoms. The Balaban J connectivity index is 2.16. The molecule has 0 saturated heterocycles. The fourth-order valence-electron chi connectivity index (χ4n) is 1.83. The number of rotatable bonds is 2. The molecule has 0 N–H and O–H groups in total. The lowest BCUT2D eigenvalue weighted by Crippen LogP contribution is -2.36. The van der Waals surface area contributed by atoms with E-state index in [4.69, 9.17) is 0 Å². The van der Waals surface area contributed by atoms with E-state index < -0.39 is 0 Å². The van der Waals surface area contributed by atoms with Crippen LogP contribution in [0.3, 0.4) is 0 Å². The maximum atomic E-state index is 12.1. The van der Waals surface area contributed by atoms with E-state index in [0.29, 0.717) is 6.54 Å². The van der Waals surface area contributed by atoms with Crippen molar-refractivity contribution < 1.29 is 4.79 Å². The highest BCUT2D eigenvalue weighted by atomic mass is 32.1. The van der Waals surface area contributed by atoms with Gasteiger partial charge < -0.3 is 4.90 Å². The highest BCUT2D eigenvalue weighted by Crippen LogP contribution is 2.24. The Morgan fingerprint density at radius 1 is 1.33 bits per heavy atom. The van der Waals surface area contributed by atoms with Crippen molar-refractivity contribution in [2.24, 2.45) is 5.41 Å². The van der Waals surface area contributed by atoms with Crippen LogP contribution in [0.15, 0.2) is 24.3 Å². The predicted octanol–water partition coefficient (Wildman–Crippen LogP) is 3.30. The van der Waals surface area contributed by atoms with Crippen LogP contribution in [0.1, 0.15) is 25.8 Å². The summed E-state index contributed by atoms with van der Waals surface area (Å²) in [6.07, 6.45) is 0. The van der Waals surface area contributed by atoms with E-state index in [1.54, 1.807) is 16.2 Å². The minimum absolute atomic E-state index is 0.141. The number of nitrogens with zero attached hydrogens (tertiary/aromatic N) is 2. The number of thiazole rings is 1. The van der Waals surface area contributed by atoms with Gasteiger partial charge in [-0.3, -0.25) is 4.79 Å². The van der Waals surface area contributed by atoms with Crippen molar-refractivity contribution in [2.75, 3.05) is 7.05 Å². The summed E-state index contributed by atoms with van der Waals surface area (Å²) in [6, 6.07) is 8.05. The maximum Gasteiger partial charge on any atom is 0.228 e. The Morgan fingerprint density at radius 3 is 2.61 bits per heavy atom. The molecule has 0 radical (unpaired) electrons. The van der Waals surface area contributed by atoms with E-state index in [1.165, 1.54) is 4.70 Å². The summed E-state index contributed by atoms with van der Waals surface area (Å²) in [5.41, 5.74) is 0.667. The lowest BCUT2D eigenvalue weighted by molar-refractivity contribution is -0.138. The fourth-order valence-corrected chi connectivity index (χ4v) is 2.86. The van der Waals surface area contributed by atoms with Crippen LogP contribution in [0.4, 0.5) is 0 Å². The van der Waals surface area contributed by atoms with Crippen LogP contribution in [0, 0.1) is 5.41 Å². The fraction of sp³-hybridized carbons (Fsp3) is 0.429. The van der Waals surface area contributed by atoms with Crippen LogP contribution in [0.25, 0.3) is 10.2 Å². The molecule has 4 heteroatoms. The van der Waals surface area contributed by atoms with E-state index in [2.05, 4.69) is 11.1 Å². The Morgan fingerprint density at radius 2 is 2.00 bits per heavy atom. The molecule has 2 aromatic rings. The van der Waals surface area contributed by atoms with Crippen molar-refractivity contribution in [3.05, 3.63) is 29.3 Å². The molecule has 1 amide bonds. The number of hydrogen-bond donors (Lipinski definition) is 0. The second kappa shape index (κ2) is 4.69. The van der Waals surface area contributed by atoms with Gasteiger partial charge in [-0.05, 0) is 12.1 Å². The van der Waals surface area contributed by atoms with Crippen LogP contribution in [-0.2, 0) is 11.3 Å². The molecule has 0 fully saturated rings. The van der Waals surface area contributed by atoms with Crippen molar-refractivity contribution in [2.45, 2.75) is 27.3 Å². The van der Waals surface area contributed by atoms with Crippen LogP contribution >= 0.6 is 11.3 Å². The zero-order chi connectivity index (χ0) is 13.3. The summed E-state index contributed by atoms with van der Waals surface area (Å²) >= 11 is 1.65. The van der Waals surface area contributed by atoms with Gasteiger partial charge in [0, 0.05) is 12.5 Å². The molecule has 2 rings (SSSR count). The van der Waals surface area contributed by atoms with Gasteiger partial charge >= 0.3 is 0 Å². The maximum absolute atomic E-state index is 12.1. The van der Waals surface area contributed by atoms with Gasteiger partial charge in [-0.1, -0.05) is 32.9 Å². The Labute approximate surface area is 111 Å². The smallest absolute Gasteiger partial charge is 0.228 e. The molecule has 96 valence electrons. The van der Waals surface area contributed by atoms with Gasteiger partial charge in [-0.25, -0.2) is 4.98 Å². The van der Waals surface area contributed by atoms with Gasteiger partial charge in [-0.2, -0.15) is 0 Å². The molecule has 3 nitrogen and oxygen atoms in total. The molecule has 0 aliphatic heterocycles. The van der Waals surface area contributed by atoms with Gasteiger partial charge in [0.2, 0.25) is 5.91 Å². The Bertz CT molecular complexity index is 535. The number of carbonyl (C=O) groups excluding carboxylic acids is 1. The monoisotopic (exact) mass is 262 g/mol. The van der Waals surface area contributed by atoms with E-state index >= 15 is 0 Å². The van der Waals surface area contributed by atoms with Gasteiger partial charge in [0.25, 0.3) is 0 Å². The standard InChI is InChI=1S/C14H18N2OS/c1-14(2,3)13(17)16(4)9-12-15-10-7-5-6-8-11(10)18-12/h5-8H,9H2,1-4H3. The van der Waals surface area contributed by atoms with Gasteiger partial charge in [-0.15, -0.1) is 11.3 Å². The molecule has 0 bridgehead atoms. The average Bonchev–Trinajstić information content (AvgIpc) is 2.68. The number of amides is 1. The normalized spacial score (nSPS) is 11.8. The van der Waals surface area contributed by atoms with E-state index in [1.807, 2.05) is 46.0 Å². The molecule has 1 aromatic carbocycles. The first-order valence-electron chi connectivity index (χ1n) is 5.98. The predicted molar refractivity (Wildman–Crippen MR) is 75.5 cm³/mol. The third kappa shape index (κ3) is 2.70. The first-order chi connectivity index (χ1) is 8.38. The van der Waals surface area contributed by atoms with Crippen molar-refractivity contribution in [1.82, 2.24) is 9.88 Å². The highest BCUT2D eigenvalue weighted by Gasteiger charge is 2.25. The molecular weight excluding hydrogens is 244 g/mol. The average molecular weight is 262 g/mol. The lowest BCUT2D eigenvalue weighted by Gasteiger charge is -2.25. The summed E-state index contributed by atoms with van der Waals surface area (Å²) in [7, 11) is 1.83. The number of carbonyl (C=O) groups is 1. The number of benzene rings is 1. The van der Waals surface area contributed by atoms with E-state index in [9.17, 15) is 4.79 Å². The molecule has 1 heterocycles. The molecule has 0 aliphatic carbocycles. The third-order valence-electron chi connectivity index (χ3n) is 2.70. The number of fused-ring (bicyclic) bond motifs is 1. The summed E-state index contributed by atoms with van der Waals surface area (Å²) in [5, 5.41) is 0.983. The first-order valence-corrected chi connectivity index (χ1v) is 6.79. The van der Waals surface area contributed by atoms with E-state index in [-0.39, 0.29) is 11.3 Å². The largest absolute Gasteiger partial charge is 0.339 e. The number of hydrogen-bond acceptors (Lipinski definition) is 3. The Hall–Kier alpha value is -1.42. The zero-order valence-corrected chi connectivity index (χ0v) is 12.0. The third-order valence-corrected chi connectivity index (χ3v) is 3.72. The van der Waals surface area contributed by atoms with Crippen LogP contribution in [0.5, 0.6) is 0 Å². The van der Waals surface area contributed by atoms with Gasteiger partial charge in [0.15, 0.2) is 0 Å². The van der Waals surface area contributed by atoms with Gasteiger partial charge in [0.1, 0.15) is 5.01 Å².